The van der Waals surface area contributed by atoms with Crippen molar-refractivity contribution < 1.29 is 4.79 Å². The van der Waals surface area contributed by atoms with Gasteiger partial charge in [0.15, 0.2) is 0 Å². The Kier molecular flexibility index (Phi) is 4.81. The molecule has 1 saturated heterocycles. The number of benzene rings is 3. The van der Waals surface area contributed by atoms with Crippen molar-refractivity contribution in [1.82, 2.24) is 20.0 Å². The van der Waals surface area contributed by atoms with E-state index >= 15 is 0 Å². The van der Waals surface area contributed by atoms with Crippen molar-refractivity contribution >= 4 is 16.8 Å². The molecule has 0 atom stereocenters. The van der Waals surface area contributed by atoms with Crippen LogP contribution in [-0.4, -0.2) is 46.8 Å². The minimum atomic E-state index is 0.101. The van der Waals surface area contributed by atoms with Gasteiger partial charge in [0.05, 0.1) is 17.4 Å². The van der Waals surface area contributed by atoms with Gasteiger partial charge in [-0.1, -0.05) is 36.4 Å². The molecule has 4 aromatic rings. The second-order valence-electron chi connectivity index (χ2n) is 7.79. The minimum absolute atomic E-state index is 0.101. The highest BCUT2D eigenvalue weighted by molar-refractivity contribution is 5.96. The van der Waals surface area contributed by atoms with Crippen molar-refractivity contribution in [3.63, 3.8) is 0 Å². The predicted molar refractivity (Wildman–Crippen MR) is 120 cm³/mol. The largest absolute Gasteiger partial charge is 0.336 e. The fraction of sp³-hybridized carbons (Fsp3) is 0.200. The van der Waals surface area contributed by atoms with Crippen LogP contribution in [0, 0.1) is 6.92 Å². The van der Waals surface area contributed by atoms with Crippen molar-refractivity contribution in [3.8, 4) is 16.8 Å². The molecule has 0 aliphatic carbocycles. The van der Waals surface area contributed by atoms with Crippen molar-refractivity contribution in [3.05, 3.63) is 84.1 Å². The van der Waals surface area contributed by atoms with Crippen molar-refractivity contribution in [2.75, 3.05) is 26.2 Å². The van der Waals surface area contributed by atoms with Crippen LogP contribution in [0.25, 0.3) is 27.7 Å². The molecule has 5 nitrogen and oxygen atoms in total. The number of carbonyl (C=O) groups excluding carboxylic acids is 1. The second kappa shape index (κ2) is 7.76. The van der Waals surface area contributed by atoms with Gasteiger partial charge in [0.25, 0.3) is 5.91 Å². The first kappa shape index (κ1) is 18.6. The van der Waals surface area contributed by atoms with Gasteiger partial charge in [-0.3, -0.25) is 4.79 Å². The van der Waals surface area contributed by atoms with Crippen LogP contribution in [0.5, 0.6) is 0 Å². The topological polar surface area (TPSA) is 50.2 Å². The molecule has 5 rings (SSSR count). The Morgan fingerprint density at radius 2 is 1.73 bits per heavy atom. The maximum absolute atomic E-state index is 12.9. The quantitative estimate of drug-likeness (QED) is 0.568. The first-order valence-electron chi connectivity index (χ1n) is 10.3. The molecule has 150 valence electrons. The Morgan fingerprint density at radius 1 is 0.933 bits per heavy atom. The van der Waals surface area contributed by atoms with E-state index in [1.54, 1.807) is 0 Å². The van der Waals surface area contributed by atoms with Crippen LogP contribution in [0.1, 0.15) is 15.9 Å². The third kappa shape index (κ3) is 3.48. The number of fused-ring (bicyclic) bond motifs is 1. The van der Waals surface area contributed by atoms with Gasteiger partial charge in [-0.05, 0) is 53.9 Å². The highest BCUT2D eigenvalue weighted by atomic mass is 16.2. The Hall–Kier alpha value is -3.44. The first-order chi connectivity index (χ1) is 14.7. The summed E-state index contributed by atoms with van der Waals surface area (Å²) >= 11 is 0. The summed E-state index contributed by atoms with van der Waals surface area (Å²) in [6, 6.07) is 22.6. The smallest absolute Gasteiger partial charge is 0.253 e. The number of hydrogen-bond donors (Lipinski definition) is 1. The number of piperazine rings is 1. The summed E-state index contributed by atoms with van der Waals surface area (Å²) in [5.41, 5.74) is 6.15. The second-order valence-corrected chi connectivity index (χ2v) is 7.79. The van der Waals surface area contributed by atoms with E-state index in [9.17, 15) is 4.79 Å². The first-order valence-corrected chi connectivity index (χ1v) is 10.3. The van der Waals surface area contributed by atoms with Crippen molar-refractivity contribution in [2.45, 2.75) is 6.92 Å². The molecule has 0 spiro atoms. The van der Waals surface area contributed by atoms with E-state index in [4.69, 9.17) is 0 Å². The Bertz CT molecular complexity index is 1220. The van der Waals surface area contributed by atoms with E-state index in [-0.39, 0.29) is 5.91 Å². The number of amides is 1. The van der Waals surface area contributed by atoms with Gasteiger partial charge in [-0.15, -0.1) is 0 Å². The molecular weight excluding hydrogens is 372 g/mol. The van der Waals surface area contributed by atoms with Gasteiger partial charge in [0, 0.05) is 37.1 Å². The lowest BCUT2D eigenvalue weighted by molar-refractivity contribution is 0.0736. The summed E-state index contributed by atoms with van der Waals surface area (Å²) in [4.78, 5) is 14.8. The van der Waals surface area contributed by atoms with E-state index < -0.39 is 0 Å². The molecule has 2 heterocycles. The summed E-state index contributed by atoms with van der Waals surface area (Å²) in [5.74, 6) is 0.101. The van der Waals surface area contributed by atoms with Gasteiger partial charge in [0.2, 0.25) is 0 Å². The van der Waals surface area contributed by atoms with E-state index in [1.165, 1.54) is 5.56 Å². The normalized spacial score (nSPS) is 14.2. The number of aryl methyl sites for hydroxylation is 1. The fourth-order valence-corrected chi connectivity index (χ4v) is 4.05. The third-order valence-corrected chi connectivity index (χ3v) is 5.66. The van der Waals surface area contributed by atoms with Gasteiger partial charge in [-0.2, -0.15) is 5.10 Å². The maximum atomic E-state index is 12.9. The average molecular weight is 396 g/mol. The molecule has 0 bridgehead atoms. The number of nitrogens with zero attached hydrogens (tertiary/aromatic N) is 3. The zero-order chi connectivity index (χ0) is 20.5. The molecule has 1 fully saturated rings. The van der Waals surface area contributed by atoms with E-state index in [2.05, 4.69) is 59.8 Å². The zero-order valence-corrected chi connectivity index (χ0v) is 17.0. The van der Waals surface area contributed by atoms with Crippen LogP contribution in [0.2, 0.25) is 0 Å². The van der Waals surface area contributed by atoms with E-state index in [1.807, 2.05) is 40.0 Å². The number of carbonyl (C=O) groups is 1. The van der Waals surface area contributed by atoms with E-state index in [0.717, 1.165) is 59.5 Å². The van der Waals surface area contributed by atoms with Gasteiger partial charge >= 0.3 is 0 Å². The molecule has 5 heteroatoms. The third-order valence-electron chi connectivity index (χ3n) is 5.66. The number of nitrogens with one attached hydrogen (secondary N) is 1. The summed E-state index contributed by atoms with van der Waals surface area (Å²) in [7, 11) is 0. The molecule has 30 heavy (non-hydrogen) atoms. The standard InChI is InChI=1S/C25H24N4O/c1-18-4-2-7-23(14-18)29-24-16-20(8-9-22(24)17-27-29)19-5-3-6-21(15-19)25(30)28-12-10-26-11-13-28/h2-9,14-17,26H,10-13H2,1H3. The average Bonchev–Trinajstić information content (AvgIpc) is 3.22. The van der Waals surface area contributed by atoms with Gasteiger partial charge < -0.3 is 10.2 Å². The summed E-state index contributed by atoms with van der Waals surface area (Å²) in [6.07, 6.45) is 1.89. The molecule has 0 radical (unpaired) electrons. The molecule has 3 aromatic carbocycles. The molecule has 1 aliphatic rings. The summed E-state index contributed by atoms with van der Waals surface area (Å²) in [6.45, 7) is 5.30. The van der Waals surface area contributed by atoms with Crippen molar-refractivity contribution in [2.24, 2.45) is 0 Å². The van der Waals surface area contributed by atoms with Gasteiger partial charge in [0.1, 0.15) is 0 Å². The molecule has 1 N–H and O–H groups in total. The molecule has 1 aliphatic heterocycles. The number of hydrogen-bond acceptors (Lipinski definition) is 3. The van der Waals surface area contributed by atoms with E-state index in [0.29, 0.717) is 0 Å². The molecule has 0 unspecified atom stereocenters. The molecule has 1 aromatic heterocycles. The lowest BCUT2D eigenvalue weighted by Gasteiger charge is -2.27. The summed E-state index contributed by atoms with van der Waals surface area (Å²) < 4.78 is 1.97. The highest BCUT2D eigenvalue weighted by Gasteiger charge is 2.18. The van der Waals surface area contributed by atoms with Crippen LogP contribution >= 0.6 is 0 Å². The molecule has 1 amide bonds. The SMILES string of the molecule is Cc1cccc(-n2ncc3ccc(-c4cccc(C(=O)N5CCNCC5)c4)cc32)c1. The fourth-order valence-electron chi connectivity index (χ4n) is 4.05. The molecular formula is C25H24N4O. The number of aromatic nitrogens is 2. The van der Waals surface area contributed by atoms with Crippen molar-refractivity contribution in [1.29, 1.82) is 0 Å². The Labute approximate surface area is 175 Å². The lowest BCUT2D eigenvalue weighted by atomic mass is 10.0. The van der Waals surface area contributed by atoms with Crippen LogP contribution in [0.15, 0.2) is 72.9 Å². The Morgan fingerprint density at radius 3 is 2.57 bits per heavy atom. The van der Waals surface area contributed by atoms with Crippen LogP contribution in [-0.2, 0) is 0 Å². The summed E-state index contributed by atoms with van der Waals surface area (Å²) in [5, 5.41) is 8.98. The van der Waals surface area contributed by atoms with Crippen LogP contribution in [0.3, 0.4) is 0 Å². The minimum Gasteiger partial charge on any atom is -0.336 e. The number of rotatable bonds is 3. The zero-order valence-electron chi connectivity index (χ0n) is 17.0. The monoisotopic (exact) mass is 396 g/mol. The Balaban J connectivity index is 1.52. The van der Waals surface area contributed by atoms with Crippen LogP contribution in [0.4, 0.5) is 0 Å². The lowest BCUT2D eigenvalue weighted by Crippen LogP contribution is -2.46. The van der Waals surface area contributed by atoms with Crippen LogP contribution < -0.4 is 5.32 Å². The molecule has 0 saturated carbocycles. The predicted octanol–water partition coefficient (Wildman–Crippen LogP) is 4.05. The van der Waals surface area contributed by atoms with Gasteiger partial charge in [-0.25, -0.2) is 4.68 Å². The maximum Gasteiger partial charge on any atom is 0.253 e. The highest BCUT2D eigenvalue weighted by Crippen LogP contribution is 2.27.